The molecule has 1 aliphatic heterocycles. The predicted molar refractivity (Wildman–Crippen MR) is 95.7 cm³/mol. The van der Waals surface area contributed by atoms with Gasteiger partial charge in [-0.2, -0.15) is 0 Å². The van der Waals surface area contributed by atoms with Crippen LogP contribution in [0.5, 0.6) is 0 Å². The van der Waals surface area contributed by atoms with E-state index >= 15 is 0 Å². The number of para-hydroxylation sites is 1. The van der Waals surface area contributed by atoms with E-state index in [1.807, 2.05) is 43.5 Å². The normalized spacial score (nSPS) is 17.2. The van der Waals surface area contributed by atoms with Gasteiger partial charge in [-0.05, 0) is 31.9 Å². The van der Waals surface area contributed by atoms with Gasteiger partial charge in [0.1, 0.15) is 0 Å². The van der Waals surface area contributed by atoms with E-state index in [0.717, 1.165) is 24.1 Å². The highest BCUT2D eigenvalue weighted by Gasteiger charge is 2.28. The Labute approximate surface area is 147 Å². The number of nitrogens with one attached hydrogen (secondary N) is 2. The minimum Gasteiger partial charge on any atom is -0.359 e. The smallest absolute Gasteiger partial charge is 0.323 e. The fourth-order valence-electron chi connectivity index (χ4n) is 3.06. The van der Waals surface area contributed by atoms with Crippen LogP contribution < -0.4 is 10.6 Å². The first kappa shape index (κ1) is 17.0. The maximum Gasteiger partial charge on any atom is 0.323 e. The average Bonchev–Trinajstić information content (AvgIpc) is 3.02. The highest BCUT2D eigenvalue weighted by Crippen LogP contribution is 2.20. The van der Waals surface area contributed by atoms with Crippen LogP contribution in [0.2, 0.25) is 0 Å². The van der Waals surface area contributed by atoms with Crippen molar-refractivity contribution in [3.63, 3.8) is 0 Å². The van der Waals surface area contributed by atoms with Gasteiger partial charge in [0.15, 0.2) is 5.82 Å². The van der Waals surface area contributed by atoms with Crippen LogP contribution in [-0.2, 0) is 4.79 Å². The Hall–Kier alpha value is -2.83. The maximum atomic E-state index is 12.6. The standard InChI is InChI=1S/C18H23N5O2/c1-13-11-23(15-8-4-3-5-9-15)21-16(13)20-18(25)22-10-6-7-14(12-22)17(24)19-2/h3-5,8-9,11,14H,6-7,10,12H2,1-2H3,(H,19,24)(H,20,21,25). The topological polar surface area (TPSA) is 79.3 Å². The Balaban J connectivity index is 1.69. The Kier molecular flexibility index (Phi) is 5.02. The number of carbonyl (C=O) groups is 2. The van der Waals surface area contributed by atoms with Gasteiger partial charge < -0.3 is 10.2 Å². The van der Waals surface area contributed by atoms with E-state index in [-0.39, 0.29) is 17.9 Å². The number of rotatable bonds is 3. The first-order valence-electron chi connectivity index (χ1n) is 8.47. The summed E-state index contributed by atoms with van der Waals surface area (Å²) in [6.45, 7) is 2.99. The summed E-state index contributed by atoms with van der Waals surface area (Å²) < 4.78 is 1.74. The number of nitrogens with zero attached hydrogens (tertiary/aromatic N) is 3. The Morgan fingerprint density at radius 1 is 1.24 bits per heavy atom. The highest BCUT2D eigenvalue weighted by molar-refractivity contribution is 5.89. The molecule has 1 unspecified atom stereocenters. The number of hydrogen-bond donors (Lipinski definition) is 2. The summed E-state index contributed by atoms with van der Waals surface area (Å²) in [7, 11) is 1.63. The SMILES string of the molecule is CNC(=O)C1CCCN(C(=O)Nc2nn(-c3ccccc3)cc2C)C1. The molecule has 1 aromatic heterocycles. The molecule has 1 aliphatic rings. The van der Waals surface area contributed by atoms with Crippen molar-refractivity contribution in [3.05, 3.63) is 42.1 Å². The number of hydrogen-bond acceptors (Lipinski definition) is 3. The molecule has 132 valence electrons. The number of likely N-dealkylation sites (tertiary alicyclic amines) is 1. The zero-order valence-corrected chi connectivity index (χ0v) is 14.5. The van der Waals surface area contributed by atoms with E-state index in [0.29, 0.717) is 18.9 Å². The van der Waals surface area contributed by atoms with E-state index in [2.05, 4.69) is 15.7 Å². The largest absolute Gasteiger partial charge is 0.359 e. The van der Waals surface area contributed by atoms with E-state index in [4.69, 9.17) is 0 Å². The van der Waals surface area contributed by atoms with E-state index in [9.17, 15) is 9.59 Å². The number of aromatic nitrogens is 2. The molecule has 0 aliphatic carbocycles. The van der Waals surface area contributed by atoms with Crippen LogP contribution in [0.3, 0.4) is 0 Å². The average molecular weight is 341 g/mol. The Morgan fingerprint density at radius 2 is 2.00 bits per heavy atom. The molecule has 1 saturated heterocycles. The van der Waals surface area contributed by atoms with E-state index < -0.39 is 0 Å². The molecule has 2 heterocycles. The van der Waals surface area contributed by atoms with Crippen molar-refractivity contribution in [1.82, 2.24) is 20.0 Å². The Bertz CT molecular complexity index is 756. The van der Waals surface area contributed by atoms with Gasteiger partial charge in [0, 0.05) is 31.9 Å². The third kappa shape index (κ3) is 3.81. The van der Waals surface area contributed by atoms with Crippen molar-refractivity contribution in [2.45, 2.75) is 19.8 Å². The van der Waals surface area contributed by atoms with Crippen LogP contribution in [0.1, 0.15) is 18.4 Å². The molecule has 3 rings (SSSR count). The van der Waals surface area contributed by atoms with Crippen molar-refractivity contribution in [1.29, 1.82) is 0 Å². The molecular formula is C18H23N5O2. The third-order valence-electron chi connectivity index (χ3n) is 4.47. The van der Waals surface area contributed by atoms with E-state index in [1.54, 1.807) is 16.6 Å². The van der Waals surface area contributed by atoms with Gasteiger partial charge >= 0.3 is 6.03 Å². The second kappa shape index (κ2) is 7.38. The molecule has 0 saturated carbocycles. The number of amides is 3. The van der Waals surface area contributed by atoms with Gasteiger partial charge in [-0.25, -0.2) is 9.48 Å². The van der Waals surface area contributed by atoms with Crippen LogP contribution in [0.4, 0.5) is 10.6 Å². The van der Waals surface area contributed by atoms with Crippen molar-refractivity contribution >= 4 is 17.8 Å². The quantitative estimate of drug-likeness (QED) is 0.898. The lowest BCUT2D eigenvalue weighted by Crippen LogP contribution is -2.46. The van der Waals surface area contributed by atoms with Crippen LogP contribution in [0.15, 0.2) is 36.5 Å². The van der Waals surface area contributed by atoms with Crippen LogP contribution in [0, 0.1) is 12.8 Å². The number of benzene rings is 1. The van der Waals surface area contributed by atoms with Crippen LogP contribution in [-0.4, -0.2) is 46.8 Å². The fourth-order valence-corrected chi connectivity index (χ4v) is 3.06. The lowest BCUT2D eigenvalue weighted by atomic mass is 9.97. The third-order valence-corrected chi connectivity index (χ3v) is 4.47. The summed E-state index contributed by atoms with van der Waals surface area (Å²) in [4.78, 5) is 26.1. The predicted octanol–water partition coefficient (Wildman–Crippen LogP) is 2.17. The summed E-state index contributed by atoms with van der Waals surface area (Å²) in [6.07, 6.45) is 3.52. The Morgan fingerprint density at radius 3 is 2.72 bits per heavy atom. The summed E-state index contributed by atoms with van der Waals surface area (Å²) in [6, 6.07) is 9.53. The van der Waals surface area contributed by atoms with Gasteiger partial charge in [-0.3, -0.25) is 10.1 Å². The van der Waals surface area contributed by atoms with Gasteiger partial charge in [-0.1, -0.05) is 18.2 Å². The van der Waals surface area contributed by atoms with Crippen molar-refractivity contribution < 1.29 is 9.59 Å². The van der Waals surface area contributed by atoms with Gasteiger partial charge in [-0.15, -0.1) is 5.10 Å². The molecule has 25 heavy (non-hydrogen) atoms. The van der Waals surface area contributed by atoms with Gasteiger partial charge in [0.2, 0.25) is 5.91 Å². The second-order valence-electron chi connectivity index (χ2n) is 6.27. The number of piperidine rings is 1. The summed E-state index contributed by atoms with van der Waals surface area (Å²) in [5.74, 6) is 0.380. The monoisotopic (exact) mass is 341 g/mol. The molecule has 0 bridgehead atoms. The molecule has 1 atom stereocenters. The zero-order chi connectivity index (χ0) is 17.8. The first-order valence-corrected chi connectivity index (χ1v) is 8.47. The summed E-state index contributed by atoms with van der Waals surface area (Å²) in [5, 5.41) is 10.00. The molecule has 1 fully saturated rings. The number of anilines is 1. The van der Waals surface area contributed by atoms with Crippen molar-refractivity contribution in [3.8, 4) is 5.69 Å². The highest BCUT2D eigenvalue weighted by atomic mass is 16.2. The minimum atomic E-state index is -0.213. The molecule has 3 amide bonds. The number of urea groups is 1. The molecule has 2 N–H and O–H groups in total. The maximum absolute atomic E-state index is 12.6. The van der Waals surface area contributed by atoms with Crippen LogP contribution in [0.25, 0.3) is 5.69 Å². The van der Waals surface area contributed by atoms with Gasteiger partial charge in [0.05, 0.1) is 11.6 Å². The minimum absolute atomic E-state index is 0.0120. The second-order valence-corrected chi connectivity index (χ2v) is 6.27. The summed E-state index contributed by atoms with van der Waals surface area (Å²) >= 11 is 0. The lowest BCUT2D eigenvalue weighted by molar-refractivity contribution is -0.125. The molecule has 0 spiro atoms. The number of aryl methyl sites for hydroxylation is 1. The van der Waals surface area contributed by atoms with Gasteiger partial charge in [0.25, 0.3) is 0 Å². The summed E-state index contributed by atoms with van der Waals surface area (Å²) in [5.41, 5.74) is 1.82. The van der Waals surface area contributed by atoms with Crippen LogP contribution >= 0.6 is 0 Å². The zero-order valence-electron chi connectivity index (χ0n) is 14.5. The molecule has 7 nitrogen and oxygen atoms in total. The molecule has 2 aromatic rings. The molecule has 7 heteroatoms. The molecule has 1 aromatic carbocycles. The van der Waals surface area contributed by atoms with Crippen molar-refractivity contribution in [2.24, 2.45) is 5.92 Å². The fraction of sp³-hybridized carbons (Fsp3) is 0.389. The molecular weight excluding hydrogens is 318 g/mol. The lowest BCUT2D eigenvalue weighted by Gasteiger charge is -2.31. The number of carbonyl (C=O) groups excluding carboxylic acids is 2. The van der Waals surface area contributed by atoms with E-state index in [1.165, 1.54) is 0 Å². The molecule has 0 radical (unpaired) electrons. The van der Waals surface area contributed by atoms with Crippen molar-refractivity contribution in [2.75, 3.05) is 25.5 Å². The first-order chi connectivity index (χ1) is 12.1.